The summed E-state index contributed by atoms with van der Waals surface area (Å²) in [6.45, 7) is 2.02. The summed E-state index contributed by atoms with van der Waals surface area (Å²) in [5, 5.41) is 11.2. The Kier molecular flexibility index (Phi) is 6.67. The highest BCUT2D eigenvalue weighted by molar-refractivity contribution is 6.03. The molecule has 8 nitrogen and oxygen atoms in total. The number of aromatic nitrogens is 4. The molecule has 2 atom stereocenters. The van der Waals surface area contributed by atoms with E-state index in [1.165, 1.54) is 36.5 Å². The molecule has 0 spiro atoms. The third kappa shape index (κ3) is 4.40. The van der Waals surface area contributed by atoms with Gasteiger partial charge in [0.25, 0.3) is 0 Å². The Morgan fingerprint density at radius 1 is 1.11 bits per heavy atom. The van der Waals surface area contributed by atoms with E-state index in [1.54, 1.807) is 4.57 Å². The number of hydrogen-bond donors (Lipinski definition) is 1. The molecule has 0 unspecified atom stereocenters. The molecular weight excluding hydrogens is 602 g/mol. The van der Waals surface area contributed by atoms with Crippen molar-refractivity contribution in [3.63, 3.8) is 0 Å². The summed E-state index contributed by atoms with van der Waals surface area (Å²) in [5.41, 5.74) is -0.321. The van der Waals surface area contributed by atoms with E-state index >= 15 is 8.78 Å². The molecular formula is C34H27F4N5O3. The van der Waals surface area contributed by atoms with E-state index in [0.717, 1.165) is 19.4 Å². The Morgan fingerprint density at radius 2 is 1.98 bits per heavy atom. The van der Waals surface area contributed by atoms with Crippen molar-refractivity contribution in [3.8, 4) is 46.7 Å². The number of pyridine rings is 1. The first kappa shape index (κ1) is 28.7. The fourth-order valence-electron chi connectivity index (χ4n) is 7.38. The average molecular weight is 630 g/mol. The Hall–Kier alpha value is -4.73. The Balaban J connectivity index is 1.34. The standard InChI is InChI=1S/C34H27F4N5O3/c1-2-22-25(36)5-4-18-10-21(44)12-23(27(18)22)29-28(38)30-24(14-39-29)31(32-26(37)11-20-16-45-9-8-43(20)32)41-33(40-30)46-17-34-6-3-7-42(34)15-19(35)13-34/h1,4-5,10-12,14,19,44H,3,6-9,13,15-17H2/t19-,34+/m1/s1. The number of ether oxygens (including phenoxy) is 2. The third-order valence-corrected chi connectivity index (χ3v) is 9.42. The number of halogens is 4. The average Bonchev–Trinajstić information content (AvgIpc) is 3.68. The first-order valence-electron chi connectivity index (χ1n) is 15.0. The summed E-state index contributed by atoms with van der Waals surface area (Å²) in [6.07, 6.45) is 7.91. The number of phenols is 1. The molecule has 0 amide bonds. The zero-order valence-electron chi connectivity index (χ0n) is 24.5. The van der Waals surface area contributed by atoms with E-state index in [-0.39, 0.29) is 69.5 Å². The van der Waals surface area contributed by atoms with E-state index in [9.17, 15) is 13.9 Å². The van der Waals surface area contributed by atoms with Crippen LogP contribution in [0.1, 0.15) is 30.5 Å². The van der Waals surface area contributed by atoms with Gasteiger partial charge in [-0.05, 0) is 49.0 Å². The van der Waals surface area contributed by atoms with Crippen LogP contribution in [0.4, 0.5) is 17.6 Å². The largest absolute Gasteiger partial charge is 0.508 e. The second kappa shape index (κ2) is 10.7. The van der Waals surface area contributed by atoms with Crippen molar-refractivity contribution in [1.82, 2.24) is 24.4 Å². The number of phenolic OH excluding ortho intramolecular Hbond substituents is 1. The number of fused-ring (bicyclic) bond motifs is 4. The molecule has 2 aromatic carbocycles. The summed E-state index contributed by atoms with van der Waals surface area (Å²) < 4.78 is 75.0. The minimum Gasteiger partial charge on any atom is -0.508 e. The molecule has 12 heteroatoms. The van der Waals surface area contributed by atoms with Gasteiger partial charge in [-0.2, -0.15) is 9.97 Å². The predicted octanol–water partition coefficient (Wildman–Crippen LogP) is 5.90. The lowest BCUT2D eigenvalue weighted by atomic mass is 9.95. The topological polar surface area (TPSA) is 85.5 Å². The van der Waals surface area contributed by atoms with Crippen molar-refractivity contribution in [3.05, 3.63) is 65.2 Å². The zero-order chi connectivity index (χ0) is 31.7. The Labute approximate surface area is 260 Å². The predicted molar refractivity (Wildman–Crippen MR) is 161 cm³/mol. The van der Waals surface area contributed by atoms with Crippen LogP contribution >= 0.6 is 0 Å². The highest BCUT2D eigenvalue weighted by Gasteiger charge is 2.49. The number of benzene rings is 2. The van der Waals surface area contributed by atoms with Crippen molar-refractivity contribution < 1.29 is 32.1 Å². The van der Waals surface area contributed by atoms with Gasteiger partial charge in [0.2, 0.25) is 0 Å². The van der Waals surface area contributed by atoms with Crippen LogP contribution in [0.5, 0.6) is 11.8 Å². The van der Waals surface area contributed by atoms with Gasteiger partial charge in [-0.25, -0.2) is 17.6 Å². The van der Waals surface area contributed by atoms with Gasteiger partial charge in [-0.3, -0.25) is 9.88 Å². The fraction of sp³-hybridized carbons (Fsp3) is 0.324. The van der Waals surface area contributed by atoms with Gasteiger partial charge in [0, 0.05) is 47.7 Å². The highest BCUT2D eigenvalue weighted by atomic mass is 19.1. The SMILES string of the molecule is C#Cc1c(F)ccc2cc(O)cc(-c3ncc4c(-c5c(F)cc6n5CCOC6)nc(OC[C@@]56CCCN5C[C@H](F)C6)nc4c3F)c12. The zero-order valence-corrected chi connectivity index (χ0v) is 24.5. The lowest BCUT2D eigenvalue weighted by Gasteiger charge is -2.30. The molecule has 0 saturated carbocycles. The molecule has 3 aliphatic rings. The number of nitrogens with zero attached hydrogens (tertiary/aromatic N) is 5. The summed E-state index contributed by atoms with van der Waals surface area (Å²) in [6, 6.07) is 6.39. The van der Waals surface area contributed by atoms with Crippen molar-refractivity contribution in [2.75, 3.05) is 26.3 Å². The van der Waals surface area contributed by atoms with Gasteiger partial charge in [0.05, 0.1) is 24.3 Å². The maximum atomic E-state index is 16.8. The Bertz CT molecular complexity index is 2110. The fourth-order valence-corrected chi connectivity index (χ4v) is 7.38. The number of alkyl halides is 1. The molecule has 3 aliphatic heterocycles. The number of terminal acetylenes is 1. The van der Waals surface area contributed by atoms with E-state index in [4.69, 9.17) is 15.9 Å². The maximum Gasteiger partial charge on any atom is 0.317 e. The number of rotatable bonds is 5. The van der Waals surface area contributed by atoms with Gasteiger partial charge in [0.1, 0.15) is 46.9 Å². The second-order valence-electron chi connectivity index (χ2n) is 12.1. The molecule has 6 heterocycles. The summed E-state index contributed by atoms with van der Waals surface area (Å²) in [4.78, 5) is 15.5. The monoisotopic (exact) mass is 629 g/mol. The van der Waals surface area contributed by atoms with E-state index in [1.807, 2.05) is 0 Å². The van der Waals surface area contributed by atoms with E-state index < -0.39 is 29.2 Å². The molecule has 5 aromatic rings. The smallest absolute Gasteiger partial charge is 0.317 e. The molecule has 2 fully saturated rings. The summed E-state index contributed by atoms with van der Waals surface area (Å²) in [7, 11) is 0. The molecule has 234 valence electrons. The lowest BCUT2D eigenvalue weighted by Crippen LogP contribution is -2.43. The highest BCUT2D eigenvalue weighted by Crippen LogP contribution is 2.42. The molecule has 3 aromatic heterocycles. The van der Waals surface area contributed by atoms with Crippen LogP contribution in [0.3, 0.4) is 0 Å². The maximum absolute atomic E-state index is 16.8. The van der Waals surface area contributed by atoms with Gasteiger partial charge >= 0.3 is 6.01 Å². The van der Waals surface area contributed by atoms with Crippen LogP contribution in [0.15, 0.2) is 36.5 Å². The number of hydrogen-bond acceptors (Lipinski definition) is 7. The summed E-state index contributed by atoms with van der Waals surface area (Å²) >= 11 is 0. The van der Waals surface area contributed by atoms with Crippen LogP contribution in [0, 0.1) is 29.8 Å². The second-order valence-corrected chi connectivity index (χ2v) is 12.1. The van der Waals surface area contributed by atoms with Gasteiger partial charge in [-0.15, -0.1) is 6.42 Å². The quantitative estimate of drug-likeness (QED) is 0.191. The first-order chi connectivity index (χ1) is 22.3. The molecule has 1 N–H and O–H groups in total. The van der Waals surface area contributed by atoms with Crippen molar-refractivity contribution in [1.29, 1.82) is 0 Å². The molecule has 0 bridgehead atoms. The normalized spacial score (nSPS) is 21.1. The van der Waals surface area contributed by atoms with Crippen LogP contribution in [0.2, 0.25) is 0 Å². The van der Waals surface area contributed by atoms with E-state index in [0.29, 0.717) is 37.2 Å². The Morgan fingerprint density at radius 3 is 2.83 bits per heavy atom. The molecule has 0 aliphatic carbocycles. The van der Waals surface area contributed by atoms with Crippen LogP contribution in [-0.4, -0.2) is 67.5 Å². The van der Waals surface area contributed by atoms with Crippen molar-refractivity contribution >= 4 is 21.7 Å². The summed E-state index contributed by atoms with van der Waals surface area (Å²) in [5.74, 6) is -0.0873. The van der Waals surface area contributed by atoms with Gasteiger partial charge in [-0.1, -0.05) is 12.0 Å². The van der Waals surface area contributed by atoms with Gasteiger partial charge in [0.15, 0.2) is 11.6 Å². The molecule has 0 radical (unpaired) electrons. The number of aromatic hydroxyl groups is 1. The third-order valence-electron chi connectivity index (χ3n) is 9.42. The van der Waals surface area contributed by atoms with Crippen LogP contribution in [-0.2, 0) is 17.9 Å². The van der Waals surface area contributed by atoms with E-state index in [2.05, 4.69) is 25.8 Å². The van der Waals surface area contributed by atoms with Gasteiger partial charge < -0.3 is 19.1 Å². The van der Waals surface area contributed by atoms with Crippen molar-refractivity contribution in [2.24, 2.45) is 0 Å². The minimum absolute atomic E-state index is 0.0494. The van der Waals surface area contributed by atoms with Crippen molar-refractivity contribution in [2.45, 2.75) is 44.1 Å². The molecule has 8 rings (SSSR count). The van der Waals surface area contributed by atoms with Crippen LogP contribution < -0.4 is 4.74 Å². The lowest BCUT2D eigenvalue weighted by molar-refractivity contribution is 0.0855. The molecule has 2 saturated heterocycles. The van der Waals surface area contributed by atoms with Crippen LogP contribution in [0.25, 0.3) is 44.3 Å². The first-order valence-corrected chi connectivity index (χ1v) is 15.0. The minimum atomic E-state index is -0.985. The molecule has 46 heavy (non-hydrogen) atoms.